The summed E-state index contributed by atoms with van der Waals surface area (Å²) in [7, 11) is 1.92. The Morgan fingerprint density at radius 2 is 2.29 bits per heavy atom. The predicted molar refractivity (Wildman–Crippen MR) is 69.2 cm³/mol. The fourth-order valence-corrected chi connectivity index (χ4v) is 1.87. The molecule has 0 unspecified atom stereocenters. The SMILES string of the molecule is CSc1cc(NCCc2cnn(C)c2)ncn1. The second kappa shape index (κ2) is 5.67. The number of aryl methyl sites for hydroxylation is 1. The Balaban J connectivity index is 1.85. The number of hydrogen-bond acceptors (Lipinski definition) is 5. The highest BCUT2D eigenvalue weighted by molar-refractivity contribution is 7.98. The van der Waals surface area contributed by atoms with Crippen molar-refractivity contribution < 1.29 is 0 Å². The largest absolute Gasteiger partial charge is 0.370 e. The van der Waals surface area contributed by atoms with Crippen molar-refractivity contribution in [2.24, 2.45) is 7.05 Å². The van der Waals surface area contributed by atoms with Crippen LogP contribution in [0.5, 0.6) is 0 Å². The first-order chi connectivity index (χ1) is 8.28. The van der Waals surface area contributed by atoms with Crippen LogP contribution in [0.2, 0.25) is 0 Å². The van der Waals surface area contributed by atoms with E-state index < -0.39 is 0 Å². The van der Waals surface area contributed by atoms with Gasteiger partial charge >= 0.3 is 0 Å². The van der Waals surface area contributed by atoms with Gasteiger partial charge in [-0.15, -0.1) is 11.8 Å². The molecule has 2 aromatic rings. The number of thioether (sulfide) groups is 1. The van der Waals surface area contributed by atoms with Gasteiger partial charge < -0.3 is 5.32 Å². The van der Waals surface area contributed by atoms with Crippen LogP contribution in [0.25, 0.3) is 0 Å². The number of anilines is 1. The summed E-state index contributed by atoms with van der Waals surface area (Å²) < 4.78 is 1.81. The molecule has 1 N–H and O–H groups in total. The summed E-state index contributed by atoms with van der Waals surface area (Å²) in [5, 5.41) is 8.38. The Morgan fingerprint density at radius 1 is 1.41 bits per heavy atom. The Kier molecular flexibility index (Phi) is 3.98. The van der Waals surface area contributed by atoms with Crippen molar-refractivity contribution >= 4 is 17.6 Å². The molecular formula is C11H15N5S. The van der Waals surface area contributed by atoms with Gasteiger partial charge in [-0.1, -0.05) is 0 Å². The standard InChI is InChI=1S/C11H15N5S/c1-16-7-9(6-15-16)3-4-12-10-5-11(17-2)14-8-13-10/h5-8H,3-4H2,1-2H3,(H,12,13,14). The molecule has 0 aliphatic heterocycles. The molecule has 90 valence electrons. The number of aromatic nitrogens is 4. The molecule has 2 heterocycles. The topological polar surface area (TPSA) is 55.6 Å². The zero-order valence-electron chi connectivity index (χ0n) is 9.92. The molecule has 0 aliphatic rings. The molecule has 0 atom stereocenters. The molecule has 0 radical (unpaired) electrons. The van der Waals surface area contributed by atoms with Gasteiger partial charge in [0.2, 0.25) is 0 Å². The molecule has 0 saturated carbocycles. The Labute approximate surface area is 105 Å². The predicted octanol–water partition coefficient (Wildman–Crippen LogP) is 1.59. The molecule has 0 saturated heterocycles. The highest BCUT2D eigenvalue weighted by Crippen LogP contribution is 2.13. The Bertz CT molecular complexity index is 482. The molecule has 0 aromatic carbocycles. The third-order valence-electron chi connectivity index (χ3n) is 2.33. The van der Waals surface area contributed by atoms with E-state index in [2.05, 4.69) is 20.4 Å². The molecule has 2 rings (SSSR count). The molecule has 0 bridgehead atoms. The van der Waals surface area contributed by atoms with Crippen molar-refractivity contribution in [1.29, 1.82) is 0 Å². The van der Waals surface area contributed by atoms with Gasteiger partial charge in [0.25, 0.3) is 0 Å². The lowest BCUT2D eigenvalue weighted by molar-refractivity contribution is 0.767. The zero-order valence-corrected chi connectivity index (χ0v) is 10.7. The minimum absolute atomic E-state index is 0.844. The maximum atomic E-state index is 4.17. The first-order valence-corrected chi connectivity index (χ1v) is 6.58. The highest BCUT2D eigenvalue weighted by Gasteiger charge is 1.99. The van der Waals surface area contributed by atoms with Crippen LogP contribution in [0.1, 0.15) is 5.56 Å². The van der Waals surface area contributed by atoms with Crippen molar-refractivity contribution in [2.45, 2.75) is 11.4 Å². The van der Waals surface area contributed by atoms with Crippen molar-refractivity contribution in [3.63, 3.8) is 0 Å². The first-order valence-electron chi connectivity index (χ1n) is 5.35. The molecule has 0 fully saturated rings. The third kappa shape index (κ3) is 3.45. The third-order valence-corrected chi connectivity index (χ3v) is 2.97. The lowest BCUT2D eigenvalue weighted by Gasteiger charge is -2.04. The minimum atomic E-state index is 0.844. The summed E-state index contributed by atoms with van der Waals surface area (Å²) >= 11 is 1.61. The van der Waals surface area contributed by atoms with E-state index in [1.54, 1.807) is 18.1 Å². The lowest BCUT2D eigenvalue weighted by atomic mass is 10.2. The molecule has 6 heteroatoms. The zero-order chi connectivity index (χ0) is 12.1. The van der Waals surface area contributed by atoms with Gasteiger partial charge in [-0.2, -0.15) is 5.10 Å². The first kappa shape index (κ1) is 11.9. The van der Waals surface area contributed by atoms with Gasteiger partial charge in [0, 0.05) is 25.9 Å². The van der Waals surface area contributed by atoms with Gasteiger partial charge in [-0.05, 0) is 18.2 Å². The monoisotopic (exact) mass is 249 g/mol. The average Bonchev–Trinajstić information content (AvgIpc) is 2.75. The van der Waals surface area contributed by atoms with Crippen LogP contribution < -0.4 is 5.32 Å². The molecule has 5 nitrogen and oxygen atoms in total. The van der Waals surface area contributed by atoms with Crippen LogP contribution in [-0.4, -0.2) is 32.5 Å². The maximum absolute atomic E-state index is 4.17. The smallest absolute Gasteiger partial charge is 0.130 e. The van der Waals surface area contributed by atoms with E-state index in [0.29, 0.717) is 0 Å². The summed E-state index contributed by atoms with van der Waals surface area (Å²) in [6, 6.07) is 1.95. The second-order valence-corrected chi connectivity index (χ2v) is 4.47. The van der Waals surface area contributed by atoms with Gasteiger partial charge in [0.1, 0.15) is 17.2 Å². The van der Waals surface area contributed by atoms with E-state index in [4.69, 9.17) is 0 Å². The van der Waals surface area contributed by atoms with Gasteiger partial charge in [-0.25, -0.2) is 9.97 Å². The van der Waals surface area contributed by atoms with Crippen LogP contribution >= 0.6 is 11.8 Å². The molecule has 0 aliphatic carbocycles. The van der Waals surface area contributed by atoms with Gasteiger partial charge in [0.05, 0.1) is 6.20 Å². The quantitative estimate of drug-likeness (QED) is 0.644. The van der Waals surface area contributed by atoms with Crippen LogP contribution in [-0.2, 0) is 13.5 Å². The second-order valence-electron chi connectivity index (χ2n) is 3.64. The summed E-state index contributed by atoms with van der Waals surface area (Å²) in [6.07, 6.45) is 8.43. The maximum Gasteiger partial charge on any atom is 0.130 e. The van der Waals surface area contributed by atoms with E-state index in [-0.39, 0.29) is 0 Å². The van der Waals surface area contributed by atoms with Crippen LogP contribution in [0.3, 0.4) is 0 Å². The summed E-state index contributed by atoms with van der Waals surface area (Å²) in [4.78, 5) is 8.29. The van der Waals surface area contributed by atoms with Crippen molar-refractivity contribution in [3.8, 4) is 0 Å². The van der Waals surface area contributed by atoms with E-state index in [1.165, 1.54) is 5.56 Å². The number of hydrogen-bond donors (Lipinski definition) is 1. The Morgan fingerprint density at radius 3 is 3.00 bits per heavy atom. The summed E-state index contributed by atoms with van der Waals surface area (Å²) in [5.41, 5.74) is 1.22. The van der Waals surface area contributed by atoms with Crippen LogP contribution in [0, 0.1) is 0 Å². The number of nitrogens with zero attached hydrogens (tertiary/aromatic N) is 4. The van der Waals surface area contributed by atoms with E-state index in [9.17, 15) is 0 Å². The van der Waals surface area contributed by atoms with Gasteiger partial charge in [0.15, 0.2) is 0 Å². The van der Waals surface area contributed by atoms with Crippen molar-refractivity contribution in [1.82, 2.24) is 19.7 Å². The minimum Gasteiger partial charge on any atom is -0.370 e. The fraction of sp³-hybridized carbons (Fsp3) is 0.364. The van der Waals surface area contributed by atoms with E-state index >= 15 is 0 Å². The van der Waals surface area contributed by atoms with Crippen molar-refractivity contribution in [3.05, 3.63) is 30.4 Å². The average molecular weight is 249 g/mol. The summed E-state index contributed by atoms with van der Waals surface area (Å²) in [5.74, 6) is 0.869. The van der Waals surface area contributed by atoms with Crippen LogP contribution in [0.15, 0.2) is 29.8 Å². The molecule has 17 heavy (non-hydrogen) atoms. The molecule has 0 amide bonds. The molecule has 0 spiro atoms. The van der Waals surface area contributed by atoms with E-state index in [0.717, 1.165) is 23.8 Å². The molecular weight excluding hydrogens is 234 g/mol. The fourth-order valence-electron chi connectivity index (χ4n) is 1.48. The summed E-state index contributed by atoms with van der Waals surface area (Å²) in [6.45, 7) is 0.844. The van der Waals surface area contributed by atoms with Gasteiger partial charge in [-0.3, -0.25) is 4.68 Å². The van der Waals surface area contributed by atoms with Crippen LogP contribution in [0.4, 0.5) is 5.82 Å². The normalized spacial score (nSPS) is 10.5. The number of rotatable bonds is 5. The highest BCUT2D eigenvalue weighted by atomic mass is 32.2. The molecule has 2 aromatic heterocycles. The van der Waals surface area contributed by atoms with E-state index in [1.807, 2.05) is 36.4 Å². The van der Waals surface area contributed by atoms with Crippen molar-refractivity contribution in [2.75, 3.05) is 18.1 Å². The Hall–Kier alpha value is -1.56. The lowest BCUT2D eigenvalue weighted by Crippen LogP contribution is -2.06. The number of nitrogens with one attached hydrogen (secondary N) is 1.